The van der Waals surface area contributed by atoms with E-state index in [1.165, 1.54) is 17.4 Å². The highest BCUT2D eigenvalue weighted by molar-refractivity contribution is 7.09. The van der Waals surface area contributed by atoms with Crippen LogP contribution in [-0.4, -0.2) is 16.0 Å². The third kappa shape index (κ3) is 1.94. The Morgan fingerprint density at radius 1 is 1.40 bits per heavy atom. The van der Waals surface area contributed by atoms with Crippen LogP contribution < -0.4 is 0 Å². The van der Waals surface area contributed by atoms with Crippen molar-refractivity contribution in [2.24, 2.45) is 0 Å². The van der Waals surface area contributed by atoms with E-state index in [1.54, 1.807) is 12.4 Å². The molecular weight excluding hydrogens is 220 g/mol. The van der Waals surface area contributed by atoms with Gasteiger partial charge in [0, 0.05) is 6.42 Å². The summed E-state index contributed by atoms with van der Waals surface area (Å²) in [6, 6.07) is 0. The van der Waals surface area contributed by atoms with Crippen LogP contribution in [-0.2, 0) is 5.60 Å². The summed E-state index contributed by atoms with van der Waals surface area (Å²) in [5.41, 5.74) is 1.06. The average molecular weight is 231 g/mol. The van der Waals surface area contributed by atoms with Crippen LogP contribution in [0.4, 0.5) is 8.78 Å². The lowest BCUT2D eigenvalue weighted by atomic mass is 9.87. The molecule has 1 aromatic heterocycles. The van der Waals surface area contributed by atoms with Crippen molar-refractivity contribution < 1.29 is 13.9 Å². The molecule has 1 aliphatic carbocycles. The number of alkyl halides is 2. The summed E-state index contributed by atoms with van der Waals surface area (Å²) >= 11 is 1.30. The fourth-order valence-corrected chi connectivity index (χ4v) is 2.60. The quantitative estimate of drug-likeness (QED) is 0.754. The predicted octanol–water partition coefficient (Wildman–Crippen LogP) is 2.62. The zero-order valence-electron chi connectivity index (χ0n) is 8.20. The van der Waals surface area contributed by atoms with E-state index >= 15 is 0 Å². The maximum absolute atomic E-state index is 12.9. The molecule has 0 fully saturated rings. The van der Waals surface area contributed by atoms with Crippen LogP contribution in [0.5, 0.6) is 0 Å². The minimum atomic E-state index is -2.79. The molecule has 0 spiro atoms. The van der Waals surface area contributed by atoms with E-state index in [4.69, 9.17) is 0 Å². The van der Waals surface area contributed by atoms with Crippen molar-refractivity contribution in [3.05, 3.63) is 28.2 Å². The Bertz CT molecular complexity index is 402. The van der Waals surface area contributed by atoms with Gasteiger partial charge in [-0.05, 0) is 25.5 Å². The Hall–Kier alpha value is -0.810. The van der Waals surface area contributed by atoms with Crippen molar-refractivity contribution in [2.75, 3.05) is 0 Å². The van der Waals surface area contributed by atoms with E-state index in [1.807, 2.05) is 0 Å². The molecule has 0 radical (unpaired) electrons. The number of rotatable bonds is 1. The van der Waals surface area contributed by atoms with Crippen LogP contribution in [0.2, 0.25) is 0 Å². The fourth-order valence-electron chi connectivity index (χ4n) is 1.69. The second-order valence-electron chi connectivity index (χ2n) is 3.79. The molecule has 0 saturated carbocycles. The van der Waals surface area contributed by atoms with Gasteiger partial charge in [0.25, 0.3) is 5.92 Å². The van der Waals surface area contributed by atoms with Crippen LogP contribution in [0.15, 0.2) is 17.7 Å². The van der Waals surface area contributed by atoms with E-state index in [0.29, 0.717) is 10.6 Å². The molecule has 1 unspecified atom stereocenters. The van der Waals surface area contributed by atoms with Gasteiger partial charge >= 0.3 is 0 Å². The van der Waals surface area contributed by atoms with Gasteiger partial charge in [-0.15, -0.1) is 11.3 Å². The van der Waals surface area contributed by atoms with Crippen molar-refractivity contribution in [3.63, 3.8) is 0 Å². The summed E-state index contributed by atoms with van der Waals surface area (Å²) in [5, 5.41) is 10.2. The molecule has 1 heterocycles. The molecular formula is C10H11F2NOS. The Labute approximate surface area is 90.3 Å². The predicted molar refractivity (Wildman–Crippen MR) is 54.1 cm³/mol. The summed E-state index contributed by atoms with van der Waals surface area (Å²) in [6.07, 6.45) is 1.70. The topological polar surface area (TPSA) is 33.1 Å². The smallest absolute Gasteiger partial charge is 0.266 e. The number of hydrogen-bond donors (Lipinski definition) is 1. The maximum Gasteiger partial charge on any atom is 0.266 e. The number of aliphatic hydroxyl groups is 1. The SMILES string of the molecule is Cc1ncsc1C1(O)C=CC(F)(F)CC1. The molecule has 0 bridgehead atoms. The first-order chi connectivity index (χ1) is 6.93. The van der Waals surface area contributed by atoms with Gasteiger partial charge in [0.2, 0.25) is 0 Å². The Morgan fingerprint density at radius 3 is 2.60 bits per heavy atom. The molecule has 2 nitrogen and oxygen atoms in total. The lowest BCUT2D eigenvalue weighted by molar-refractivity contribution is -0.0126. The molecule has 0 amide bonds. The van der Waals surface area contributed by atoms with Crippen LogP contribution in [0.3, 0.4) is 0 Å². The highest BCUT2D eigenvalue weighted by atomic mass is 32.1. The van der Waals surface area contributed by atoms with Gasteiger partial charge in [0.05, 0.1) is 16.1 Å². The van der Waals surface area contributed by atoms with Gasteiger partial charge in [-0.1, -0.05) is 0 Å². The second-order valence-corrected chi connectivity index (χ2v) is 4.64. The summed E-state index contributed by atoms with van der Waals surface area (Å²) in [6.45, 7) is 1.77. The number of aryl methyl sites for hydroxylation is 1. The first-order valence-electron chi connectivity index (χ1n) is 4.64. The average Bonchev–Trinajstić information content (AvgIpc) is 2.58. The Balaban J connectivity index is 2.35. The zero-order valence-corrected chi connectivity index (χ0v) is 9.02. The Morgan fingerprint density at radius 2 is 2.13 bits per heavy atom. The number of thiazole rings is 1. The summed E-state index contributed by atoms with van der Waals surface area (Å²) in [7, 11) is 0. The highest BCUT2D eigenvalue weighted by Crippen LogP contribution is 2.40. The van der Waals surface area contributed by atoms with E-state index in [2.05, 4.69) is 4.98 Å². The lowest BCUT2D eigenvalue weighted by Gasteiger charge is -2.30. The van der Waals surface area contributed by atoms with Crippen molar-refractivity contribution in [3.8, 4) is 0 Å². The summed E-state index contributed by atoms with van der Waals surface area (Å²) < 4.78 is 25.8. The fraction of sp³-hybridized carbons (Fsp3) is 0.500. The molecule has 0 aromatic carbocycles. The van der Waals surface area contributed by atoms with E-state index in [9.17, 15) is 13.9 Å². The molecule has 15 heavy (non-hydrogen) atoms. The van der Waals surface area contributed by atoms with Crippen LogP contribution >= 0.6 is 11.3 Å². The summed E-state index contributed by atoms with van der Waals surface area (Å²) in [5.74, 6) is -2.79. The normalized spacial score (nSPS) is 29.3. The van der Waals surface area contributed by atoms with Gasteiger partial charge in [-0.2, -0.15) is 0 Å². The number of nitrogens with zero attached hydrogens (tertiary/aromatic N) is 1. The van der Waals surface area contributed by atoms with Crippen molar-refractivity contribution in [1.29, 1.82) is 0 Å². The van der Waals surface area contributed by atoms with Crippen LogP contribution in [0, 0.1) is 6.92 Å². The third-order valence-electron chi connectivity index (χ3n) is 2.58. The van der Waals surface area contributed by atoms with Crippen molar-refractivity contribution >= 4 is 11.3 Å². The minimum Gasteiger partial charge on any atom is -0.380 e. The number of aromatic nitrogens is 1. The molecule has 1 atom stereocenters. The van der Waals surface area contributed by atoms with E-state index in [-0.39, 0.29) is 12.8 Å². The van der Waals surface area contributed by atoms with Crippen molar-refractivity contribution in [2.45, 2.75) is 31.3 Å². The van der Waals surface area contributed by atoms with Gasteiger partial charge in [-0.3, -0.25) is 0 Å². The molecule has 1 aliphatic rings. The number of allylic oxidation sites excluding steroid dienone is 1. The molecule has 5 heteroatoms. The first-order valence-corrected chi connectivity index (χ1v) is 5.52. The van der Waals surface area contributed by atoms with Gasteiger partial charge < -0.3 is 5.11 Å². The van der Waals surface area contributed by atoms with E-state index < -0.39 is 11.5 Å². The van der Waals surface area contributed by atoms with Crippen molar-refractivity contribution in [1.82, 2.24) is 4.98 Å². The molecule has 1 N–H and O–H groups in total. The van der Waals surface area contributed by atoms with Gasteiger partial charge in [-0.25, -0.2) is 13.8 Å². The Kier molecular flexibility index (Phi) is 2.39. The highest BCUT2D eigenvalue weighted by Gasteiger charge is 2.40. The van der Waals surface area contributed by atoms with Crippen LogP contribution in [0.1, 0.15) is 23.4 Å². The third-order valence-corrected chi connectivity index (χ3v) is 3.68. The second kappa shape index (κ2) is 3.35. The monoisotopic (exact) mass is 231 g/mol. The zero-order chi connectivity index (χ0) is 11.1. The lowest BCUT2D eigenvalue weighted by Crippen LogP contribution is -2.31. The summed E-state index contributed by atoms with van der Waals surface area (Å²) in [4.78, 5) is 4.67. The van der Waals surface area contributed by atoms with Crippen LogP contribution in [0.25, 0.3) is 0 Å². The number of hydrogen-bond acceptors (Lipinski definition) is 3. The molecule has 2 rings (SSSR count). The maximum atomic E-state index is 12.9. The van der Waals surface area contributed by atoms with Gasteiger partial charge in [0.15, 0.2) is 0 Å². The standard InChI is InChI=1S/C10H11F2NOS/c1-7-8(15-6-13-7)9(14)2-4-10(11,12)5-3-9/h2,4,6,14H,3,5H2,1H3. The largest absolute Gasteiger partial charge is 0.380 e. The molecule has 0 saturated heterocycles. The number of halogens is 2. The minimum absolute atomic E-state index is 0.0412. The van der Waals surface area contributed by atoms with E-state index in [0.717, 1.165) is 6.08 Å². The molecule has 1 aromatic rings. The molecule has 82 valence electrons. The van der Waals surface area contributed by atoms with Gasteiger partial charge in [0.1, 0.15) is 5.60 Å². The first kappa shape index (κ1) is 10.7. The molecule has 0 aliphatic heterocycles.